The Morgan fingerprint density at radius 1 is 1.38 bits per heavy atom. The van der Waals surface area contributed by atoms with Crippen molar-refractivity contribution in [2.75, 3.05) is 17.6 Å². The topological polar surface area (TPSA) is 92.9 Å². The monoisotopic (exact) mass is 312 g/mol. The second-order valence-electron chi connectivity index (χ2n) is 4.44. The summed E-state index contributed by atoms with van der Waals surface area (Å²) in [5.41, 5.74) is 3.24. The van der Waals surface area contributed by atoms with Crippen LogP contribution in [0.25, 0.3) is 0 Å². The molecule has 1 heterocycles. The van der Waals surface area contributed by atoms with Crippen LogP contribution in [0.5, 0.6) is 0 Å². The summed E-state index contributed by atoms with van der Waals surface area (Å²) in [4.78, 5) is 25.0. The van der Waals surface area contributed by atoms with Gasteiger partial charge in [0, 0.05) is 6.54 Å². The first kappa shape index (κ1) is 17.1. The molecule has 0 saturated heterocycles. The van der Waals surface area contributed by atoms with E-state index >= 15 is 0 Å². The van der Waals surface area contributed by atoms with Gasteiger partial charge in [-0.25, -0.2) is 13.6 Å². The lowest BCUT2D eigenvalue weighted by Crippen LogP contribution is -2.39. The fraction of sp³-hybridized carbons (Fsp3) is 0.636. The SMILES string of the molecule is CCCCn1c(N)c(NCC(F)(F)C(F)F)c(=O)[nH]c1=O. The number of aromatic nitrogens is 2. The van der Waals surface area contributed by atoms with Crippen molar-refractivity contribution in [2.24, 2.45) is 0 Å². The van der Waals surface area contributed by atoms with Crippen LogP contribution in [0.4, 0.5) is 29.1 Å². The molecule has 0 aliphatic heterocycles. The number of nitrogens with one attached hydrogen (secondary N) is 2. The number of halogens is 4. The van der Waals surface area contributed by atoms with Crippen LogP contribution in [-0.2, 0) is 6.54 Å². The van der Waals surface area contributed by atoms with Crippen molar-refractivity contribution in [2.45, 2.75) is 38.7 Å². The summed E-state index contributed by atoms with van der Waals surface area (Å²) in [7, 11) is 0. The van der Waals surface area contributed by atoms with E-state index in [4.69, 9.17) is 5.73 Å². The molecule has 10 heteroatoms. The number of alkyl halides is 4. The second kappa shape index (κ2) is 6.64. The third-order valence-corrected chi connectivity index (χ3v) is 2.80. The van der Waals surface area contributed by atoms with Crippen molar-refractivity contribution in [3.8, 4) is 0 Å². The maximum atomic E-state index is 12.8. The van der Waals surface area contributed by atoms with Crippen molar-refractivity contribution < 1.29 is 17.6 Å². The molecule has 0 saturated carbocycles. The summed E-state index contributed by atoms with van der Waals surface area (Å²) in [6.45, 7) is 0.567. The number of aromatic amines is 1. The zero-order valence-corrected chi connectivity index (χ0v) is 11.3. The molecule has 4 N–H and O–H groups in total. The minimum absolute atomic E-state index is 0.178. The highest BCUT2D eigenvalue weighted by Crippen LogP contribution is 2.23. The van der Waals surface area contributed by atoms with Crippen molar-refractivity contribution in [1.29, 1.82) is 0 Å². The summed E-state index contributed by atoms with van der Waals surface area (Å²) < 4.78 is 50.8. The molecule has 0 spiro atoms. The lowest BCUT2D eigenvalue weighted by Gasteiger charge is -2.18. The van der Waals surface area contributed by atoms with E-state index in [0.29, 0.717) is 6.42 Å². The Bertz CT molecular complexity index is 597. The first-order chi connectivity index (χ1) is 9.70. The normalized spacial score (nSPS) is 11.9. The molecule has 0 amide bonds. The Morgan fingerprint density at radius 3 is 2.52 bits per heavy atom. The van der Waals surface area contributed by atoms with Gasteiger partial charge in [-0.15, -0.1) is 0 Å². The predicted octanol–water partition coefficient (Wildman–Crippen LogP) is 1.23. The Hall–Kier alpha value is -2.00. The lowest BCUT2D eigenvalue weighted by molar-refractivity contribution is -0.117. The molecule has 0 bridgehead atoms. The fourth-order valence-electron chi connectivity index (χ4n) is 1.58. The van der Waals surface area contributed by atoms with E-state index in [-0.39, 0.29) is 12.4 Å². The van der Waals surface area contributed by atoms with E-state index in [9.17, 15) is 27.2 Å². The molecule has 1 aromatic heterocycles. The van der Waals surface area contributed by atoms with Gasteiger partial charge in [-0.05, 0) is 6.42 Å². The van der Waals surface area contributed by atoms with Gasteiger partial charge in [0.05, 0.1) is 6.54 Å². The minimum Gasteiger partial charge on any atom is -0.383 e. The molecular formula is C11H16F4N4O2. The van der Waals surface area contributed by atoms with Crippen molar-refractivity contribution >= 4 is 11.5 Å². The van der Waals surface area contributed by atoms with Gasteiger partial charge in [-0.3, -0.25) is 14.3 Å². The van der Waals surface area contributed by atoms with E-state index in [0.717, 1.165) is 11.0 Å². The van der Waals surface area contributed by atoms with Gasteiger partial charge in [0.1, 0.15) is 11.5 Å². The lowest BCUT2D eigenvalue weighted by atomic mass is 10.3. The Morgan fingerprint density at radius 2 is 2.00 bits per heavy atom. The standard InChI is InChI=1S/C11H16F4N4O2/c1-2-3-4-19-7(16)6(8(20)18-10(19)21)17-5-11(14,15)9(12)13/h9,17H,2-5,16H2,1H3,(H,18,20,21). The molecule has 0 fully saturated rings. The second-order valence-corrected chi connectivity index (χ2v) is 4.44. The van der Waals surface area contributed by atoms with Gasteiger partial charge in [-0.2, -0.15) is 8.78 Å². The summed E-state index contributed by atoms with van der Waals surface area (Å²) in [6.07, 6.45) is -2.57. The molecule has 0 atom stereocenters. The highest BCUT2D eigenvalue weighted by atomic mass is 19.3. The maximum absolute atomic E-state index is 12.8. The van der Waals surface area contributed by atoms with E-state index in [2.05, 4.69) is 0 Å². The predicted molar refractivity (Wildman–Crippen MR) is 70.1 cm³/mol. The van der Waals surface area contributed by atoms with E-state index in [1.165, 1.54) is 0 Å². The number of anilines is 2. The van der Waals surface area contributed by atoms with Gasteiger partial charge in [0.15, 0.2) is 0 Å². The van der Waals surface area contributed by atoms with Crippen LogP contribution < -0.4 is 22.3 Å². The number of hydrogen-bond donors (Lipinski definition) is 3. The van der Waals surface area contributed by atoms with Crippen molar-refractivity contribution in [1.82, 2.24) is 9.55 Å². The number of nitrogen functional groups attached to an aromatic ring is 1. The molecule has 6 nitrogen and oxygen atoms in total. The molecule has 120 valence electrons. The Balaban J connectivity index is 3.08. The Kier molecular flexibility index (Phi) is 5.39. The van der Waals surface area contributed by atoms with E-state index < -0.39 is 35.8 Å². The number of unbranched alkanes of at least 4 members (excludes halogenated alkanes) is 1. The molecule has 0 aliphatic rings. The number of H-pyrrole nitrogens is 1. The van der Waals surface area contributed by atoms with Crippen LogP contribution >= 0.6 is 0 Å². The molecule has 1 aromatic rings. The number of nitrogens with two attached hydrogens (primary N) is 1. The van der Waals surface area contributed by atoms with Gasteiger partial charge in [-0.1, -0.05) is 13.3 Å². The average Bonchev–Trinajstić information content (AvgIpc) is 2.37. The zero-order valence-electron chi connectivity index (χ0n) is 11.3. The third-order valence-electron chi connectivity index (χ3n) is 2.80. The van der Waals surface area contributed by atoms with Gasteiger partial charge < -0.3 is 11.1 Å². The number of nitrogens with zero attached hydrogens (tertiary/aromatic N) is 1. The zero-order chi connectivity index (χ0) is 16.2. The van der Waals surface area contributed by atoms with Crippen LogP contribution in [0.2, 0.25) is 0 Å². The third kappa shape index (κ3) is 3.99. The molecule has 21 heavy (non-hydrogen) atoms. The van der Waals surface area contributed by atoms with Crippen molar-refractivity contribution in [3.05, 3.63) is 20.8 Å². The molecule has 1 rings (SSSR count). The maximum Gasteiger partial charge on any atom is 0.330 e. The Labute approximate surface area is 117 Å². The molecule has 0 aliphatic carbocycles. The molecule has 0 unspecified atom stereocenters. The first-order valence-electron chi connectivity index (χ1n) is 6.23. The van der Waals surface area contributed by atoms with Crippen molar-refractivity contribution in [3.63, 3.8) is 0 Å². The van der Waals surface area contributed by atoms with E-state index in [1.807, 2.05) is 17.2 Å². The first-order valence-corrected chi connectivity index (χ1v) is 6.23. The molecular weight excluding hydrogens is 296 g/mol. The smallest absolute Gasteiger partial charge is 0.330 e. The fourth-order valence-corrected chi connectivity index (χ4v) is 1.58. The summed E-state index contributed by atoms with van der Waals surface area (Å²) in [6, 6.07) is 0. The van der Waals surface area contributed by atoms with Crippen LogP contribution in [0.1, 0.15) is 19.8 Å². The van der Waals surface area contributed by atoms with Gasteiger partial charge in [0.2, 0.25) is 0 Å². The summed E-state index contributed by atoms with van der Waals surface area (Å²) in [5, 5.41) is 1.89. The van der Waals surface area contributed by atoms with Crippen LogP contribution in [0.3, 0.4) is 0 Å². The summed E-state index contributed by atoms with van der Waals surface area (Å²) >= 11 is 0. The molecule has 0 radical (unpaired) electrons. The highest BCUT2D eigenvalue weighted by Gasteiger charge is 2.40. The van der Waals surface area contributed by atoms with Crippen LogP contribution in [0.15, 0.2) is 9.59 Å². The number of hydrogen-bond acceptors (Lipinski definition) is 4. The quantitative estimate of drug-likeness (QED) is 0.660. The minimum atomic E-state index is -4.32. The molecule has 0 aromatic carbocycles. The number of rotatable bonds is 7. The summed E-state index contributed by atoms with van der Waals surface area (Å²) in [5.74, 6) is -4.68. The van der Waals surface area contributed by atoms with Crippen LogP contribution in [-0.4, -0.2) is 28.4 Å². The van der Waals surface area contributed by atoms with Crippen LogP contribution in [0, 0.1) is 0 Å². The average molecular weight is 312 g/mol. The van der Waals surface area contributed by atoms with E-state index in [1.54, 1.807) is 0 Å². The highest BCUT2D eigenvalue weighted by molar-refractivity contribution is 5.60. The van der Waals surface area contributed by atoms with Gasteiger partial charge >= 0.3 is 18.0 Å². The largest absolute Gasteiger partial charge is 0.383 e. The van der Waals surface area contributed by atoms with Gasteiger partial charge in [0.25, 0.3) is 5.56 Å².